The van der Waals surface area contributed by atoms with Gasteiger partial charge in [-0.15, -0.1) is 0 Å². The number of hydrogen-bond acceptors (Lipinski definition) is 7. The SMILES string of the molecule is CNC(=O)[C@@H](C[C@H](O)[C@@H]1COc2cccc(c2)C/C=C/Cc2cc(cc(N(C)S(C)(=O)=O)c2)C(=O)N1)OC. The van der Waals surface area contributed by atoms with Crippen LogP contribution in [0.1, 0.15) is 27.9 Å². The van der Waals surface area contributed by atoms with Crippen LogP contribution in [0.5, 0.6) is 5.75 Å². The number of fused-ring (bicyclic) bond motifs is 4. The van der Waals surface area contributed by atoms with Gasteiger partial charge in [0.15, 0.2) is 0 Å². The van der Waals surface area contributed by atoms with Crippen LogP contribution in [0.4, 0.5) is 5.69 Å². The lowest BCUT2D eigenvalue weighted by Gasteiger charge is -2.27. The molecular formula is C27H35N3O7S. The zero-order valence-electron chi connectivity index (χ0n) is 22.0. The molecule has 0 aromatic heterocycles. The molecule has 3 atom stereocenters. The van der Waals surface area contributed by atoms with Gasteiger partial charge in [0, 0.05) is 33.2 Å². The Balaban J connectivity index is 2.00. The average molecular weight is 546 g/mol. The molecule has 0 aliphatic carbocycles. The molecule has 1 aliphatic heterocycles. The third-order valence-electron chi connectivity index (χ3n) is 6.36. The number of anilines is 1. The number of ether oxygens (including phenoxy) is 2. The highest BCUT2D eigenvalue weighted by atomic mass is 32.2. The van der Waals surface area contributed by atoms with E-state index in [1.807, 2.05) is 30.4 Å². The topological polar surface area (TPSA) is 134 Å². The summed E-state index contributed by atoms with van der Waals surface area (Å²) in [5.74, 6) is -0.356. The van der Waals surface area contributed by atoms with Gasteiger partial charge in [-0.2, -0.15) is 0 Å². The van der Waals surface area contributed by atoms with E-state index in [0.717, 1.165) is 21.7 Å². The molecule has 0 saturated heterocycles. The predicted molar refractivity (Wildman–Crippen MR) is 145 cm³/mol. The second-order valence-corrected chi connectivity index (χ2v) is 11.2. The summed E-state index contributed by atoms with van der Waals surface area (Å²) in [4.78, 5) is 25.5. The van der Waals surface area contributed by atoms with Crippen LogP contribution in [0.3, 0.4) is 0 Å². The van der Waals surface area contributed by atoms with Crippen molar-refractivity contribution in [2.24, 2.45) is 0 Å². The fraction of sp³-hybridized carbons (Fsp3) is 0.407. The van der Waals surface area contributed by atoms with Gasteiger partial charge in [-0.3, -0.25) is 13.9 Å². The number of allylic oxidation sites excluding steroid dienone is 2. The number of sulfonamides is 1. The van der Waals surface area contributed by atoms with Gasteiger partial charge >= 0.3 is 0 Å². The molecule has 206 valence electrons. The van der Waals surface area contributed by atoms with E-state index in [9.17, 15) is 23.1 Å². The fourth-order valence-electron chi connectivity index (χ4n) is 4.04. The number of carbonyl (C=O) groups excluding carboxylic acids is 2. The first kappa shape index (κ1) is 29.2. The number of hydrogen-bond donors (Lipinski definition) is 3. The molecule has 10 nitrogen and oxygen atoms in total. The molecule has 2 amide bonds. The molecule has 3 N–H and O–H groups in total. The maximum Gasteiger partial charge on any atom is 0.251 e. The van der Waals surface area contributed by atoms with Gasteiger partial charge in [0.1, 0.15) is 18.5 Å². The van der Waals surface area contributed by atoms with Gasteiger partial charge in [-0.1, -0.05) is 24.3 Å². The van der Waals surface area contributed by atoms with E-state index in [-0.39, 0.29) is 18.6 Å². The van der Waals surface area contributed by atoms with Gasteiger partial charge in [0.05, 0.1) is 24.1 Å². The summed E-state index contributed by atoms with van der Waals surface area (Å²) in [5, 5.41) is 16.3. The number of amides is 2. The van der Waals surface area contributed by atoms with E-state index in [1.54, 1.807) is 18.2 Å². The first-order valence-corrected chi connectivity index (χ1v) is 14.0. The first-order valence-electron chi connectivity index (χ1n) is 12.2. The minimum Gasteiger partial charge on any atom is -0.491 e. The molecule has 0 fully saturated rings. The number of nitrogens with one attached hydrogen (secondary N) is 2. The zero-order chi connectivity index (χ0) is 27.9. The Bertz CT molecular complexity index is 1280. The van der Waals surface area contributed by atoms with E-state index < -0.39 is 40.1 Å². The van der Waals surface area contributed by atoms with E-state index in [4.69, 9.17) is 9.47 Å². The Kier molecular flexibility index (Phi) is 9.90. The van der Waals surface area contributed by atoms with Crippen molar-refractivity contribution in [2.45, 2.75) is 37.5 Å². The van der Waals surface area contributed by atoms with Crippen molar-refractivity contribution in [3.63, 3.8) is 0 Å². The average Bonchev–Trinajstić information content (AvgIpc) is 2.90. The van der Waals surface area contributed by atoms with Crippen LogP contribution >= 0.6 is 0 Å². The van der Waals surface area contributed by atoms with Crippen LogP contribution in [0, 0.1) is 0 Å². The summed E-state index contributed by atoms with van der Waals surface area (Å²) in [6.07, 6.45) is 3.97. The maximum atomic E-state index is 13.4. The van der Waals surface area contributed by atoms with Crippen molar-refractivity contribution < 1.29 is 32.6 Å². The van der Waals surface area contributed by atoms with Crippen molar-refractivity contribution in [3.05, 3.63) is 71.3 Å². The highest BCUT2D eigenvalue weighted by molar-refractivity contribution is 7.92. The molecule has 38 heavy (non-hydrogen) atoms. The maximum absolute atomic E-state index is 13.4. The van der Waals surface area contributed by atoms with Crippen LogP contribution in [0.15, 0.2) is 54.6 Å². The Labute approximate surface area is 223 Å². The number of benzene rings is 2. The van der Waals surface area contributed by atoms with E-state index in [1.165, 1.54) is 27.3 Å². The molecular weight excluding hydrogens is 510 g/mol. The molecule has 1 heterocycles. The second-order valence-electron chi connectivity index (χ2n) is 9.18. The van der Waals surface area contributed by atoms with Crippen LogP contribution in [-0.4, -0.2) is 77.7 Å². The van der Waals surface area contributed by atoms with Gasteiger partial charge in [0.25, 0.3) is 5.91 Å². The summed E-state index contributed by atoms with van der Waals surface area (Å²) < 4.78 is 36.7. The number of aliphatic hydroxyl groups excluding tert-OH is 1. The highest BCUT2D eigenvalue weighted by Crippen LogP contribution is 2.23. The lowest BCUT2D eigenvalue weighted by Crippen LogP contribution is -2.49. The minimum absolute atomic E-state index is 0.0772. The van der Waals surface area contributed by atoms with Crippen LogP contribution in [-0.2, 0) is 32.4 Å². The second kappa shape index (κ2) is 12.9. The third-order valence-corrected chi connectivity index (χ3v) is 7.57. The molecule has 2 aromatic rings. The smallest absolute Gasteiger partial charge is 0.251 e. The van der Waals surface area contributed by atoms with Gasteiger partial charge < -0.3 is 25.2 Å². The van der Waals surface area contributed by atoms with E-state index in [0.29, 0.717) is 24.3 Å². The van der Waals surface area contributed by atoms with Crippen LogP contribution < -0.4 is 19.7 Å². The predicted octanol–water partition coefficient (Wildman–Crippen LogP) is 1.43. The normalized spacial score (nSPS) is 18.6. The Morgan fingerprint density at radius 1 is 1.21 bits per heavy atom. The summed E-state index contributed by atoms with van der Waals surface area (Å²) in [6, 6.07) is 11.5. The number of carbonyl (C=O) groups is 2. The van der Waals surface area contributed by atoms with E-state index >= 15 is 0 Å². The monoisotopic (exact) mass is 545 g/mol. The first-order chi connectivity index (χ1) is 18.0. The standard InChI is InChI=1S/C27H35N3O7S/c1-28-27(33)25(36-3)16-24(31)23-17-37-22-11-7-10-18(14-22)8-5-6-9-19-12-20(26(32)29-23)15-21(13-19)30(2)38(4,34)35/h5-7,10-15,23-25,31H,8-9,16-17H2,1-4H3,(H,28,33)(H,29,32)/b6-5+/t23-,24-,25+/m0/s1. The molecule has 0 unspecified atom stereocenters. The van der Waals surface area contributed by atoms with Crippen LogP contribution in [0.2, 0.25) is 0 Å². The summed E-state index contributed by atoms with van der Waals surface area (Å²) >= 11 is 0. The summed E-state index contributed by atoms with van der Waals surface area (Å²) in [5.41, 5.74) is 2.33. The molecule has 3 rings (SSSR count). The Morgan fingerprint density at radius 3 is 2.58 bits per heavy atom. The quantitative estimate of drug-likeness (QED) is 0.448. The Morgan fingerprint density at radius 2 is 1.92 bits per heavy atom. The van der Waals surface area contributed by atoms with Crippen molar-refractivity contribution >= 4 is 27.5 Å². The molecule has 0 saturated carbocycles. The van der Waals surface area contributed by atoms with Gasteiger partial charge in [-0.25, -0.2) is 8.42 Å². The number of aliphatic hydroxyl groups is 1. The molecule has 1 aliphatic rings. The van der Waals surface area contributed by atoms with Crippen molar-refractivity contribution in [3.8, 4) is 5.75 Å². The fourth-order valence-corrected chi connectivity index (χ4v) is 4.53. The molecule has 11 heteroatoms. The van der Waals surface area contributed by atoms with E-state index in [2.05, 4.69) is 10.6 Å². The van der Waals surface area contributed by atoms with Gasteiger partial charge in [-0.05, 0) is 54.3 Å². The lowest BCUT2D eigenvalue weighted by atomic mass is 10.0. The van der Waals surface area contributed by atoms with Gasteiger partial charge in [0.2, 0.25) is 15.9 Å². The van der Waals surface area contributed by atoms with Crippen molar-refractivity contribution in [2.75, 3.05) is 38.4 Å². The molecule has 4 bridgehead atoms. The minimum atomic E-state index is -3.57. The summed E-state index contributed by atoms with van der Waals surface area (Å²) in [7, 11) is 0.686. The molecule has 0 spiro atoms. The van der Waals surface area contributed by atoms with Crippen molar-refractivity contribution in [1.82, 2.24) is 10.6 Å². The third kappa shape index (κ3) is 7.80. The number of nitrogens with zero attached hydrogens (tertiary/aromatic N) is 1. The van der Waals surface area contributed by atoms with Crippen LogP contribution in [0.25, 0.3) is 0 Å². The number of rotatable bonds is 7. The zero-order valence-corrected chi connectivity index (χ0v) is 22.8. The largest absolute Gasteiger partial charge is 0.491 e. The number of likely N-dealkylation sites (N-methyl/N-ethyl adjacent to an activating group) is 1. The Hall–Kier alpha value is -3.41. The lowest BCUT2D eigenvalue weighted by molar-refractivity contribution is -0.132. The van der Waals surface area contributed by atoms with Crippen molar-refractivity contribution in [1.29, 1.82) is 0 Å². The summed E-state index contributed by atoms with van der Waals surface area (Å²) in [6.45, 7) is -0.0772. The highest BCUT2D eigenvalue weighted by Gasteiger charge is 2.29. The molecule has 0 radical (unpaired) electrons. The molecule has 2 aromatic carbocycles. The number of methoxy groups -OCH3 is 1.